The van der Waals surface area contributed by atoms with Gasteiger partial charge in [-0.3, -0.25) is 0 Å². The monoisotopic (exact) mass is 410 g/mol. The van der Waals surface area contributed by atoms with Gasteiger partial charge in [0.05, 0.1) is 13.2 Å². The van der Waals surface area contributed by atoms with E-state index in [9.17, 15) is 9.59 Å². The highest BCUT2D eigenvalue weighted by atomic mass is 16.7. The van der Waals surface area contributed by atoms with Gasteiger partial charge in [0, 0.05) is 21.5 Å². The molecule has 3 aromatic carbocycles. The number of aryl methyl sites for hydroxylation is 2. The first-order chi connectivity index (χ1) is 14.5. The lowest BCUT2D eigenvalue weighted by atomic mass is 9.96. The van der Waals surface area contributed by atoms with E-state index >= 15 is 0 Å². The van der Waals surface area contributed by atoms with Crippen molar-refractivity contribution < 1.29 is 28.5 Å². The van der Waals surface area contributed by atoms with E-state index < -0.39 is 12.3 Å². The average molecular weight is 410 g/mol. The molecule has 0 radical (unpaired) electrons. The van der Waals surface area contributed by atoms with Gasteiger partial charge in [-0.05, 0) is 49.9 Å². The summed E-state index contributed by atoms with van der Waals surface area (Å²) in [4.78, 5) is 24.5. The normalized spacial score (nSPS) is 10.8. The van der Waals surface area contributed by atoms with E-state index in [2.05, 4.69) is 0 Å². The fourth-order valence-corrected chi connectivity index (χ4v) is 3.18. The first-order valence-corrected chi connectivity index (χ1v) is 10.1. The second kappa shape index (κ2) is 9.48. The van der Waals surface area contributed by atoms with Crippen LogP contribution in [-0.4, -0.2) is 25.5 Å². The van der Waals surface area contributed by atoms with Crippen LogP contribution in [0.4, 0.5) is 9.59 Å². The van der Waals surface area contributed by atoms with Crippen LogP contribution in [0.2, 0.25) is 0 Å². The van der Waals surface area contributed by atoms with Crippen LogP contribution in [0.5, 0.6) is 11.5 Å². The predicted octanol–water partition coefficient (Wildman–Crippen LogP) is 6.46. The van der Waals surface area contributed by atoms with Gasteiger partial charge in [-0.15, -0.1) is 0 Å². The minimum absolute atomic E-state index is 0.275. The van der Waals surface area contributed by atoms with Crippen LogP contribution in [0.15, 0.2) is 36.4 Å². The molecular weight excluding hydrogens is 384 g/mol. The number of carbonyl (C=O) groups is 2. The third-order valence-corrected chi connectivity index (χ3v) is 4.76. The Hall–Kier alpha value is -3.28. The molecule has 0 atom stereocenters. The van der Waals surface area contributed by atoms with Crippen molar-refractivity contribution in [3.8, 4) is 11.5 Å². The summed E-state index contributed by atoms with van der Waals surface area (Å²) < 4.78 is 21.5. The van der Waals surface area contributed by atoms with Crippen LogP contribution in [0.3, 0.4) is 0 Å². The molecule has 0 aliphatic heterocycles. The number of fused-ring (bicyclic) bond motifs is 2. The zero-order valence-electron chi connectivity index (χ0n) is 17.7. The van der Waals surface area contributed by atoms with E-state index in [1.165, 1.54) is 0 Å². The number of hydrogen-bond acceptors (Lipinski definition) is 6. The summed E-state index contributed by atoms with van der Waals surface area (Å²) in [7, 11) is 0. The highest BCUT2D eigenvalue weighted by molar-refractivity contribution is 6.12. The van der Waals surface area contributed by atoms with Gasteiger partial charge in [0.1, 0.15) is 11.5 Å². The molecule has 6 nitrogen and oxygen atoms in total. The van der Waals surface area contributed by atoms with Crippen molar-refractivity contribution in [2.45, 2.75) is 40.5 Å². The lowest BCUT2D eigenvalue weighted by Crippen LogP contribution is -2.13. The molecule has 0 saturated carbocycles. The van der Waals surface area contributed by atoms with Gasteiger partial charge in [-0.1, -0.05) is 38.1 Å². The highest BCUT2D eigenvalue weighted by Crippen LogP contribution is 2.44. The summed E-state index contributed by atoms with van der Waals surface area (Å²) in [6.07, 6.45) is -0.140. The SMILES string of the molecule is CCCOC(=O)Oc1c2ccccc2c(OC(=O)OCCC)c2cc(C)c(C)cc12. The molecule has 158 valence electrons. The Morgan fingerprint density at radius 3 is 1.47 bits per heavy atom. The lowest BCUT2D eigenvalue weighted by Gasteiger charge is -2.17. The summed E-state index contributed by atoms with van der Waals surface area (Å²) in [5.41, 5.74) is 2.04. The van der Waals surface area contributed by atoms with E-state index in [0.29, 0.717) is 45.9 Å². The Morgan fingerprint density at radius 1 is 0.700 bits per heavy atom. The van der Waals surface area contributed by atoms with E-state index in [1.54, 1.807) is 0 Å². The van der Waals surface area contributed by atoms with Gasteiger partial charge < -0.3 is 18.9 Å². The summed E-state index contributed by atoms with van der Waals surface area (Å²) in [5.74, 6) is 0.748. The molecule has 30 heavy (non-hydrogen) atoms. The molecule has 3 rings (SSSR count). The molecule has 0 spiro atoms. The van der Waals surface area contributed by atoms with Crippen molar-refractivity contribution in [1.82, 2.24) is 0 Å². The fourth-order valence-electron chi connectivity index (χ4n) is 3.18. The van der Waals surface area contributed by atoms with E-state index in [0.717, 1.165) is 11.1 Å². The van der Waals surface area contributed by atoms with E-state index in [-0.39, 0.29) is 13.2 Å². The number of hydrogen-bond donors (Lipinski definition) is 0. The van der Waals surface area contributed by atoms with Crippen molar-refractivity contribution in [2.75, 3.05) is 13.2 Å². The smallest absolute Gasteiger partial charge is 0.434 e. The zero-order chi connectivity index (χ0) is 21.7. The minimum atomic E-state index is -0.766. The first kappa shape index (κ1) is 21.4. The maximum absolute atomic E-state index is 12.2. The van der Waals surface area contributed by atoms with Crippen LogP contribution in [0, 0.1) is 13.8 Å². The average Bonchev–Trinajstić information content (AvgIpc) is 2.74. The van der Waals surface area contributed by atoms with Gasteiger partial charge in [-0.25, -0.2) is 9.59 Å². The summed E-state index contributed by atoms with van der Waals surface area (Å²) in [6, 6.07) is 11.1. The van der Waals surface area contributed by atoms with Crippen molar-refractivity contribution >= 4 is 33.9 Å². The van der Waals surface area contributed by atoms with Gasteiger partial charge in [0.25, 0.3) is 0 Å². The standard InChI is InChI=1S/C24H26O6/c1-5-11-27-23(25)29-21-17-9-7-8-10-18(17)22(30-24(26)28-12-6-2)20-14-16(4)15(3)13-19(20)21/h7-10,13-14H,5-6,11-12H2,1-4H3. The molecule has 6 heteroatoms. The molecule has 0 saturated heterocycles. The van der Waals surface area contributed by atoms with E-state index in [4.69, 9.17) is 18.9 Å². The van der Waals surface area contributed by atoms with Crippen molar-refractivity contribution in [1.29, 1.82) is 0 Å². The molecule has 0 N–H and O–H groups in total. The molecule has 0 heterocycles. The topological polar surface area (TPSA) is 71.1 Å². The van der Waals surface area contributed by atoms with Crippen LogP contribution in [0.1, 0.15) is 37.8 Å². The Balaban J connectivity index is 2.23. The molecular formula is C24H26O6. The molecule has 0 bridgehead atoms. The fraction of sp³-hybridized carbons (Fsp3) is 0.333. The van der Waals surface area contributed by atoms with Crippen LogP contribution < -0.4 is 9.47 Å². The maximum Gasteiger partial charge on any atom is 0.513 e. The predicted molar refractivity (Wildman–Crippen MR) is 115 cm³/mol. The lowest BCUT2D eigenvalue weighted by molar-refractivity contribution is 0.0984. The largest absolute Gasteiger partial charge is 0.513 e. The van der Waals surface area contributed by atoms with Crippen molar-refractivity contribution in [3.63, 3.8) is 0 Å². The maximum atomic E-state index is 12.2. The number of ether oxygens (including phenoxy) is 4. The quantitative estimate of drug-likeness (QED) is 0.264. The molecule has 0 amide bonds. The third-order valence-electron chi connectivity index (χ3n) is 4.76. The minimum Gasteiger partial charge on any atom is -0.434 e. The molecule has 0 fully saturated rings. The van der Waals surface area contributed by atoms with E-state index in [1.807, 2.05) is 64.1 Å². The summed E-state index contributed by atoms with van der Waals surface area (Å²) >= 11 is 0. The second-order valence-electron chi connectivity index (χ2n) is 7.09. The molecule has 0 aromatic heterocycles. The molecule has 0 aliphatic carbocycles. The summed E-state index contributed by atoms with van der Waals surface area (Å²) in [5, 5.41) is 2.59. The number of rotatable bonds is 6. The van der Waals surface area contributed by atoms with Gasteiger partial charge in [0.2, 0.25) is 0 Å². The Labute approximate surface area is 175 Å². The van der Waals surface area contributed by atoms with Gasteiger partial charge in [0.15, 0.2) is 0 Å². The molecule has 0 aliphatic rings. The number of carbonyl (C=O) groups excluding carboxylic acids is 2. The Kier molecular flexibility index (Phi) is 6.77. The van der Waals surface area contributed by atoms with Crippen LogP contribution in [0.25, 0.3) is 21.5 Å². The Morgan fingerprint density at radius 2 is 1.10 bits per heavy atom. The van der Waals surface area contributed by atoms with Crippen LogP contribution in [-0.2, 0) is 9.47 Å². The highest BCUT2D eigenvalue weighted by Gasteiger charge is 2.21. The van der Waals surface area contributed by atoms with Crippen LogP contribution >= 0.6 is 0 Å². The first-order valence-electron chi connectivity index (χ1n) is 10.1. The second-order valence-corrected chi connectivity index (χ2v) is 7.09. The third kappa shape index (κ3) is 4.48. The summed E-state index contributed by atoms with van der Waals surface area (Å²) in [6.45, 7) is 8.31. The van der Waals surface area contributed by atoms with Crippen molar-refractivity contribution in [3.05, 3.63) is 47.5 Å². The van der Waals surface area contributed by atoms with Gasteiger partial charge in [-0.2, -0.15) is 0 Å². The Bertz CT molecular complexity index is 1000. The number of benzene rings is 3. The molecule has 0 unspecified atom stereocenters. The van der Waals surface area contributed by atoms with Crippen molar-refractivity contribution in [2.24, 2.45) is 0 Å². The molecule has 3 aromatic rings. The zero-order valence-corrected chi connectivity index (χ0v) is 17.7. The van der Waals surface area contributed by atoms with Gasteiger partial charge >= 0.3 is 12.3 Å².